The van der Waals surface area contributed by atoms with Crippen molar-refractivity contribution in [3.05, 3.63) is 68.7 Å². The number of non-ortho nitro benzene ring substituents is 1. The summed E-state index contributed by atoms with van der Waals surface area (Å²) in [5, 5.41) is 27.6. The van der Waals surface area contributed by atoms with Gasteiger partial charge in [-0.05, 0) is 54.5 Å². The van der Waals surface area contributed by atoms with Crippen LogP contribution in [0.25, 0.3) is 0 Å². The van der Waals surface area contributed by atoms with Crippen molar-refractivity contribution in [2.24, 2.45) is 0 Å². The fourth-order valence-electron chi connectivity index (χ4n) is 2.03. The average molecular weight is 366 g/mol. The average Bonchev–Trinajstić information content (AvgIpc) is 2.57. The molecular formula is C16H16ClN3O3S. The molecule has 6 nitrogen and oxygen atoms in total. The Balaban J connectivity index is 1.91. The van der Waals surface area contributed by atoms with E-state index in [4.69, 9.17) is 23.8 Å². The third-order valence-electron chi connectivity index (χ3n) is 3.46. The molecule has 0 aliphatic rings. The third-order valence-corrected chi connectivity index (χ3v) is 4.12. The Morgan fingerprint density at radius 2 is 2.00 bits per heavy atom. The summed E-state index contributed by atoms with van der Waals surface area (Å²) in [5.41, 5.74) is 2.20. The zero-order valence-electron chi connectivity index (χ0n) is 12.8. The van der Waals surface area contributed by atoms with E-state index in [1.165, 1.54) is 24.3 Å². The van der Waals surface area contributed by atoms with Gasteiger partial charge in [-0.15, -0.1) is 0 Å². The largest absolute Gasteiger partial charge is 0.387 e. The third kappa shape index (κ3) is 4.64. The van der Waals surface area contributed by atoms with E-state index in [1.54, 1.807) is 6.07 Å². The summed E-state index contributed by atoms with van der Waals surface area (Å²) in [5.74, 6) is 0. The van der Waals surface area contributed by atoms with E-state index < -0.39 is 11.0 Å². The number of aliphatic hydroxyl groups is 1. The number of nitrogens with zero attached hydrogens (tertiary/aromatic N) is 1. The number of nitro benzene ring substituents is 1. The number of benzene rings is 2. The number of anilines is 1. The Hall–Kier alpha value is -2.22. The highest BCUT2D eigenvalue weighted by molar-refractivity contribution is 7.80. The molecule has 0 aliphatic heterocycles. The lowest BCUT2D eigenvalue weighted by Gasteiger charge is -2.16. The van der Waals surface area contributed by atoms with Crippen molar-refractivity contribution in [3.63, 3.8) is 0 Å². The van der Waals surface area contributed by atoms with Crippen LogP contribution in [0.5, 0.6) is 0 Å². The zero-order chi connectivity index (χ0) is 17.7. The Kier molecular flexibility index (Phi) is 6.08. The van der Waals surface area contributed by atoms with Crippen LogP contribution < -0.4 is 10.6 Å². The highest BCUT2D eigenvalue weighted by atomic mass is 35.5. The summed E-state index contributed by atoms with van der Waals surface area (Å²) in [6.45, 7) is 2.04. The van der Waals surface area contributed by atoms with Crippen LogP contribution in [0.2, 0.25) is 5.02 Å². The predicted octanol–water partition coefficient (Wildman–Crippen LogP) is 3.58. The van der Waals surface area contributed by atoms with Crippen molar-refractivity contribution in [3.8, 4) is 0 Å². The molecule has 0 bridgehead atoms. The van der Waals surface area contributed by atoms with Crippen molar-refractivity contribution in [2.75, 3.05) is 11.9 Å². The first-order valence-electron chi connectivity index (χ1n) is 7.11. The summed E-state index contributed by atoms with van der Waals surface area (Å²) < 4.78 is 0. The number of hydrogen-bond donors (Lipinski definition) is 3. The molecule has 1 unspecified atom stereocenters. The first kappa shape index (κ1) is 18.1. The van der Waals surface area contributed by atoms with Crippen LogP contribution in [-0.4, -0.2) is 21.7 Å². The first-order valence-corrected chi connectivity index (χ1v) is 7.89. The molecule has 0 radical (unpaired) electrons. The SMILES string of the molecule is Cc1c(Cl)cccc1NC(=S)NCC(O)c1ccc([N+](=O)[O-])cc1. The van der Waals surface area contributed by atoms with E-state index in [0.29, 0.717) is 15.7 Å². The Bertz CT molecular complexity index is 753. The minimum atomic E-state index is -0.842. The summed E-state index contributed by atoms with van der Waals surface area (Å²) in [6, 6.07) is 11.2. The zero-order valence-corrected chi connectivity index (χ0v) is 14.4. The van der Waals surface area contributed by atoms with Gasteiger partial charge in [0, 0.05) is 29.4 Å². The van der Waals surface area contributed by atoms with Gasteiger partial charge in [0.15, 0.2) is 5.11 Å². The second-order valence-electron chi connectivity index (χ2n) is 5.11. The number of thiocarbonyl (C=S) groups is 1. The highest BCUT2D eigenvalue weighted by Gasteiger charge is 2.11. The highest BCUT2D eigenvalue weighted by Crippen LogP contribution is 2.23. The lowest BCUT2D eigenvalue weighted by molar-refractivity contribution is -0.384. The van der Waals surface area contributed by atoms with Crippen LogP contribution in [0, 0.1) is 17.0 Å². The molecule has 0 fully saturated rings. The van der Waals surface area contributed by atoms with Crippen LogP contribution in [0.3, 0.4) is 0 Å². The maximum Gasteiger partial charge on any atom is 0.269 e. The van der Waals surface area contributed by atoms with Gasteiger partial charge in [0.05, 0.1) is 11.0 Å². The molecule has 2 aromatic rings. The van der Waals surface area contributed by atoms with Crippen LogP contribution in [0.15, 0.2) is 42.5 Å². The van der Waals surface area contributed by atoms with E-state index in [1.807, 2.05) is 19.1 Å². The van der Waals surface area contributed by atoms with Gasteiger partial charge in [0.25, 0.3) is 5.69 Å². The normalized spacial score (nSPS) is 11.6. The topological polar surface area (TPSA) is 87.4 Å². The number of nitrogens with one attached hydrogen (secondary N) is 2. The molecule has 126 valence electrons. The maximum absolute atomic E-state index is 10.6. The van der Waals surface area contributed by atoms with Gasteiger partial charge >= 0.3 is 0 Å². The van der Waals surface area contributed by atoms with Crippen molar-refractivity contribution < 1.29 is 10.0 Å². The Morgan fingerprint density at radius 3 is 2.62 bits per heavy atom. The molecule has 0 saturated heterocycles. The standard InChI is InChI=1S/C16H16ClN3O3S/c1-10-13(17)3-2-4-14(10)19-16(24)18-9-15(21)11-5-7-12(8-6-11)20(22)23/h2-8,15,21H,9H2,1H3,(H2,18,19,24). The second kappa shape index (κ2) is 8.05. The quantitative estimate of drug-likeness (QED) is 0.426. The number of nitro groups is 1. The molecule has 24 heavy (non-hydrogen) atoms. The lowest BCUT2D eigenvalue weighted by Crippen LogP contribution is -2.32. The summed E-state index contributed by atoms with van der Waals surface area (Å²) in [7, 11) is 0. The molecule has 0 aromatic heterocycles. The van der Waals surface area contributed by atoms with Gasteiger partial charge in [-0.25, -0.2) is 0 Å². The lowest BCUT2D eigenvalue weighted by atomic mass is 10.1. The minimum Gasteiger partial charge on any atom is -0.387 e. The minimum absolute atomic E-state index is 0.0208. The molecular weight excluding hydrogens is 350 g/mol. The number of rotatable bonds is 5. The van der Waals surface area contributed by atoms with Gasteiger partial charge in [0.1, 0.15) is 0 Å². The fraction of sp³-hybridized carbons (Fsp3) is 0.188. The Morgan fingerprint density at radius 1 is 1.33 bits per heavy atom. The van der Waals surface area contributed by atoms with Crippen LogP contribution in [0.4, 0.5) is 11.4 Å². The van der Waals surface area contributed by atoms with E-state index >= 15 is 0 Å². The monoisotopic (exact) mass is 365 g/mol. The van der Waals surface area contributed by atoms with Gasteiger partial charge in [-0.3, -0.25) is 10.1 Å². The van der Waals surface area contributed by atoms with Crippen molar-refractivity contribution in [1.29, 1.82) is 0 Å². The van der Waals surface area contributed by atoms with E-state index in [2.05, 4.69) is 10.6 Å². The molecule has 1 atom stereocenters. The molecule has 0 heterocycles. The summed E-state index contributed by atoms with van der Waals surface area (Å²) in [4.78, 5) is 10.1. The van der Waals surface area contributed by atoms with Crippen LogP contribution in [-0.2, 0) is 0 Å². The van der Waals surface area contributed by atoms with Crippen LogP contribution >= 0.6 is 23.8 Å². The smallest absolute Gasteiger partial charge is 0.269 e. The van der Waals surface area contributed by atoms with Gasteiger partial charge in [-0.2, -0.15) is 0 Å². The van der Waals surface area contributed by atoms with E-state index in [9.17, 15) is 15.2 Å². The molecule has 0 aliphatic carbocycles. The van der Waals surface area contributed by atoms with Crippen molar-refractivity contribution >= 4 is 40.3 Å². The maximum atomic E-state index is 10.6. The molecule has 0 saturated carbocycles. The van der Waals surface area contributed by atoms with Crippen LogP contribution in [0.1, 0.15) is 17.2 Å². The van der Waals surface area contributed by atoms with Gasteiger partial charge < -0.3 is 15.7 Å². The van der Waals surface area contributed by atoms with Gasteiger partial charge in [-0.1, -0.05) is 17.7 Å². The molecule has 0 spiro atoms. The Labute approximate surface area is 149 Å². The van der Waals surface area contributed by atoms with E-state index in [-0.39, 0.29) is 12.2 Å². The van der Waals surface area contributed by atoms with Gasteiger partial charge in [0.2, 0.25) is 0 Å². The summed E-state index contributed by atoms with van der Waals surface area (Å²) in [6.07, 6.45) is -0.842. The predicted molar refractivity (Wildman–Crippen MR) is 98.5 cm³/mol. The summed E-state index contributed by atoms with van der Waals surface area (Å²) >= 11 is 11.2. The van der Waals surface area contributed by atoms with Crippen molar-refractivity contribution in [1.82, 2.24) is 5.32 Å². The molecule has 2 aromatic carbocycles. The molecule has 0 amide bonds. The number of halogens is 1. The fourth-order valence-corrected chi connectivity index (χ4v) is 2.40. The molecule has 8 heteroatoms. The molecule has 3 N–H and O–H groups in total. The second-order valence-corrected chi connectivity index (χ2v) is 5.93. The van der Waals surface area contributed by atoms with Crippen molar-refractivity contribution in [2.45, 2.75) is 13.0 Å². The van der Waals surface area contributed by atoms with E-state index in [0.717, 1.165) is 11.3 Å². The number of hydrogen-bond acceptors (Lipinski definition) is 4. The number of aliphatic hydroxyl groups excluding tert-OH is 1. The first-order chi connectivity index (χ1) is 11.4. The molecule has 2 rings (SSSR count).